The van der Waals surface area contributed by atoms with Gasteiger partial charge in [-0.15, -0.1) is 0 Å². The van der Waals surface area contributed by atoms with E-state index in [0.717, 1.165) is 12.3 Å². The van der Waals surface area contributed by atoms with E-state index >= 15 is 0 Å². The molecule has 1 aromatic rings. The van der Waals surface area contributed by atoms with E-state index in [1.807, 2.05) is 0 Å². The first-order valence-electron chi connectivity index (χ1n) is 5.08. The summed E-state index contributed by atoms with van der Waals surface area (Å²) in [4.78, 5) is 0. The van der Waals surface area contributed by atoms with Crippen molar-refractivity contribution < 1.29 is 0 Å². The molecule has 2 rings (SSSR count). The minimum atomic E-state index is 0.417. The third kappa shape index (κ3) is 1.75. The van der Waals surface area contributed by atoms with Gasteiger partial charge in [-0.2, -0.15) is 0 Å². The quantitative estimate of drug-likeness (QED) is 0.697. The molecule has 1 fully saturated rings. The predicted octanol–water partition coefficient (Wildman–Crippen LogP) is 2.53. The monoisotopic (exact) mass is 175 g/mol. The zero-order chi connectivity index (χ0) is 9.26. The summed E-state index contributed by atoms with van der Waals surface area (Å²) in [6, 6.07) is 11.2. The highest BCUT2D eigenvalue weighted by molar-refractivity contribution is 5.21. The summed E-state index contributed by atoms with van der Waals surface area (Å²) in [6.07, 6.45) is 2.34. The number of hydrogen-bond acceptors (Lipinski definition) is 1. The maximum absolute atomic E-state index is 5.95. The number of benzene rings is 1. The van der Waals surface area contributed by atoms with E-state index in [-0.39, 0.29) is 0 Å². The molecule has 1 aliphatic rings. The molecule has 0 bridgehead atoms. The van der Waals surface area contributed by atoms with E-state index in [2.05, 4.69) is 37.3 Å². The van der Waals surface area contributed by atoms with E-state index in [0.29, 0.717) is 12.0 Å². The predicted molar refractivity (Wildman–Crippen MR) is 55.6 cm³/mol. The highest BCUT2D eigenvalue weighted by Crippen LogP contribution is 2.38. The maximum atomic E-state index is 5.95. The standard InChI is InChI=1S/C12H17N/c1-9-7-11(13)8-12(9)10-5-3-2-4-6-10/h2-6,9,11-12H,7-8,13H2,1H3. The topological polar surface area (TPSA) is 26.0 Å². The molecule has 0 aromatic heterocycles. The molecule has 1 saturated carbocycles. The first kappa shape index (κ1) is 8.76. The van der Waals surface area contributed by atoms with Gasteiger partial charge in [-0.25, -0.2) is 0 Å². The van der Waals surface area contributed by atoms with Gasteiger partial charge in [0.1, 0.15) is 0 Å². The van der Waals surface area contributed by atoms with Crippen LogP contribution in [0.1, 0.15) is 31.2 Å². The summed E-state index contributed by atoms with van der Waals surface area (Å²) in [5.41, 5.74) is 7.41. The molecule has 0 heterocycles. The summed E-state index contributed by atoms with van der Waals surface area (Å²) < 4.78 is 0. The van der Waals surface area contributed by atoms with Gasteiger partial charge in [0.15, 0.2) is 0 Å². The third-order valence-electron chi connectivity index (χ3n) is 3.15. The van der Waals surface area contributed by atoms with Gasteiger partial charge in [0.25, 0.3) is 0 Å². The molecule has 0 spiro atoms. The molecule has 0 saturated heterocycles. The summed E-state index contributed by atoms with van der Waals surface area (Å²) >= 11 is 0. The Morgan fingerprint density at radius 3 is 2.38 bits per heavy atom. The molecule has 1 aliphatic carbocycles. The smallest absolute Gasteiger partial charge is 0.00475 e. The van der Waals surface area contributed by atoms with Crippen LogP contribution in [0.5, 0.6) is 0 Å². The Hall–Kier alpha value is -0.820. The molecule has 70 valence electrons. The minimum Gasteiger partial charge on any atom is -0.328 e. The van der Waals surface area contributed by atoms with Gasteiger partial charge >= 0.3 is 0 Å². The molecule has 2 N–H and O–H groups in total. The second-order valence-corrected chi connectivity index (χ2v) is 4.23. The van der Waals surface area contributed by atoms with Crippen LogP contribution in [0.25, 0.3) is 0 Å². The van der Waals surface area contributed by atoms with E-state index in [9.17, 15) is 0 Å². The van der Waals surface area contributed by atoms with Crippen molar-refractivity contribution in [2.75, 3.05) is 0 Å². The zero-order valence-electron chi connectivity index (χ0n) is 8.11. The van der Waals surface area contributed by atoms with Crippen LogP contribution in [0.3, 0.4) is 0 Å². The third-order valence-corrected chi connectivity index (χ3v) is 3.15. The second-order valence-electron chi connectivity index (χ2n) is 4.23. The molecule has 0 amide bonds. The lowest BCUT2D eigenvalue weighted by Crippen LogP contribution is -2.14. The van der Waals surface area contributed by atoms with Gasteiger partial charge in [0.2, 0.25) is 0 Å². The van der Waals surface area contributed by atoms with Gasteiger partial charge in [0, 0.05) is 6.04 Å². The van der Waals surface area contributed by atoms with Gasteiger partial charge in [-0.3, -0.25) is 0 Å². The molecule has 13 heavy (non-hydrogen) atoms. The van der Waals surface area contributed by atoms with E-state index in [1.165, 1.54) is 12.0 Å². The van der Waals surface area contributed by atoms with Crippen LogP contribution in [-0.4, -0.2) is 6.04 Å². The van der Waals surface area contributed by atoms with Crippen molar-refractivity contribution >= 4 is 0 Å². The lowest BCUT2D eigenvalue weighted by atomic mass is 9.90. The fourth-order valence-electron chi connectivity index (χ4n) is 2.46. The van der Waals surface area contributed by atoms with Gasteiger partial charge in [-0.05, 0) is 30.2 Å². The van der Waals surface area contributed by atoms with Crippen molar-refractivity contribution in [2.45, 2.75) is 31.7 Å². The molecular formula is C12H17N. The molecule has 1 aromatic carbocycles. The summed E-state index contributed by atoms with van der Waals surface area (Å²) in [7, 11) is 0. The van der Waals surface area contributed by atoms with E-state index in [4.69, 9.17) is 5.73 Å². The SMILES string of the molecule is CC1CC(N)CC1c1ccccc1. The summed E-state index contributed by atoms with van der Waals surface area (Å²) in [5.74, 6) is 1.44. The average molecular weight is 175 g/mol. The molecule has 3 unspecified atom stereocenters. The molecule has 3 atom stereocenters. The van der Waals surface area contributed by atoms with Crippen molar-refractivity contribution in [1.29, 1.82) is 0 Å². The van der Waals surface area contributed by atoms with Crippen LogP contribution in [0.4, 0.5) is 0 Å². The molecule has 1 nitrogen and oxygen atoms in total. The van der Waals surface area contributed by atoms with Gasteiger partial charge < -0.3 is 5.73 Å². The maximum Gasteiger partial charge on any atom is 0.00475 e. The Balaban J connectivity index is 2.18. The summed E-state index contributed by atoms with van der Waals surface area (Å²) in [6.45, 7) is 2.31. The van der Waals surface area contributed by atoms with E-state index < -0.39 is 0 Å². The molecule has 0 radical (unpaired) electrons. The van der Waals surface area contributed by atoms with Crippen molar-refractivity contribution in [3.8, 4) is 0 Å². The Morgan fingerprint density at radius 2 is 1.85 bits per heavy atom. The van der Waals surface area contributed by atoms with Crippen LogP contribution >= 0.6 is 0 Å². The highest BCUT2D eigenvalue weighted by Gasteiger charge is 2.29. The van der Waals surface area contributed by atoms with Gasteiger partial charge in [0.05, 0.1) is 0 Å². The van der Waals surface area contributed by atoms with Crippen molar-refractivity contribution in [1.82, 2.24) is 0 Å². The average Bonchev–Trinajstić information content (AvgIpc) is 2.47. The Morgan fingerprint density at radius 1 is 1.15 bits per heavy atom. The normalized spacial score (nSPS) is 33.5. The van der Waals surface area contributed by atoms with Crippen LogP contribution in [0, 0.1) is 5.92 Å². The van der Waals surface area contributed by atoms with Crippen LogP contribution in [-0.2, 0) is 0 Å². The first-order chi connectivity index (χ1) is 6.27. The Kier molecular flexibility index (Phi) is 2.36. The van der Waals surface area contributed by atoms with Crippen LogP contribution in [0.15, 0.2) is 30.3 Å². The Bertz CT molecular complexity index is 268. The van der Waals surface area contributed by atoms with E-state index in [1.54, 1.807) is 0 Å². The zero-order valence-corrected chi connectivity index (χ0v) is 8.11. The van der Waals surface area contributed by atoms with Crippen LogP contribution < -0.4 is 5.73 Å². The van der Waals surface area contributed by atoms with Gasteiger partial charge in [-0.1, -0.05) is 37.3 Å². The van der Waals surface area contributed by atoms with Crippen molar-refractivity contribution in [3.05, 3.63) is 35.9 Å². The van der Waals surface area contributed by atoms with Crippen molar-refractivity contribution in [3.63, 3.8) is 0 Å². The fourth-order valence-corrected chi connectivity index (χ4v) is 2.46. The summed E-state index contributed by atoms with van der Waals surface area (Å²) in [5, 5.41) is 0. The molecule has 1 heteroatoms. The van der Waals surface area contributed by atoms with Crippen molar-refractivity contribution in [2.24, 2.45) is 11.7 Å². The van der Waals surface area contributed by atoms with Crippen LogP contribution in [0.2, 0.25) is 0 Å². The molecule has 0 aliphatic heterocycles. The number of rotatable bonds is 1. The lowest BCUT2D eigenvalue weighted by molar-refractivity contribution is 0.531. The lowest BCUT2D eigenvalue weighted by Gasteiger charge is -2.14. The number of nitrogens with two attached hydrogens (primary N) is 1. The fraction of sp³-hybridized carbons (Fsp3) is 0.500. The minimum absolute atomic E-state index is 0.417. The Labute approximate surface area is 80.0 Å². The number of hydrogen-bond donors (Lipinski definition) is 1. The highest BCUT2D eigenvalue weighted by atomic mass is 14.7. The molecular weight excluding hydrogens is 158 g/mol. The largest absolute Gasteiger partial charge is 0.328 e. The second kappa shape index (κ2) is 3.51. The first-order valence-corrected chi connectivity index (χ1v) is 5.08.